The lowest BCUT2D eigenvalue weighted by atomic mass is 9.52. The summed E-state index contributed by atoms with van der Waals surface area (Å²) in [5.74, 6) is 1.87. The Hall–Kier alpha value is -1.73. The summed E-state index contributed by atoms with van der Waals surface area (Å²) >= 11 is 0. The number of rotatable bonds is 6. The van der Waals surface area contributed by atoms with Gasteiger partial charge in [-0.1, -0.05) is 0 Å². The van der Waals surface area contributed by atoms with E-state index in [0.29, 0.717) is 41.7 Å². The molecular formula is C20H28N4O3. The molecule has 27 heavy (non-hydrogen) atoms. The van der Waals surface area contributed by atoms with E-state index in [2.05, 4.69) is 9.88 Å². The van der Waals surface area contributed by atoms with Crippen LogP contribution in [0.2, 0.25) is 0 Å². The number of aliphatic hydroxyl groups is 2. The minimum absolute atomic E-state index is 0.0311. The number of aliphatic hydroxyl groups excluding tert-OH is 1. The topological polar surface area (TPSA) is 113 Å². The quantitative estimate of drug-likeness (QED) is 0.691. The number of aromatic nitrogens is 2. The summed E-state index contributed by atoms with van der Waals surface area (Å²) in [5.41, 5.74) is 6.21. The third-order valence-electron chi connectivity index (χ3n) is 7.18. The molecule has 4 N–H and O–H groups in total. The average molecular weight is 372 g/mol. The Morgan fingerprint density at radius 1 is 1.26 bits per heavy atom. The number of carbonyl (C=O) groups excluding carboxylic acids is 1. The highest BCUT2D eigenvalue weighted by molar-refractivity contribution is 5.94. The minimum Gasteiger partial charge on any atom is -0.395 e. The van der Waals surface area contributed by atoms with E-state index in [1.54, 1.807) is 6.20 Å². The molecule has 1 aromatic rings. The second kappa shape index (κ2) is 6.14. The first-order valence-corrected chi connectivity index (χ1v) is 10.2. The third-order valence-corrected chi connectivity index (χ3v) is 7.18. The number of carbonyl (C=O) groups is 1. The van der Waals surface area contributed by atoms with Crippen molar-refractivity contribution in [3.05, 3.63) is 17.5 Å². The van der Waals surface area contributed by atoms with Crippen molar-refractivity contribution < 1.29 is 15.0 Å². The summed E-state index contributed by atoms with van der Waals surface area (Å²) in [6.07, 6.45) is 8.51. The van der Waals surface area contributed by atoms with Crippen molar-refractivity contribution in [2.45, 2.75) is 62.5 Å². The smallest absolute Gasteiger partial charge is 0.252 e. The normalized spacial score (nSPS) is 36.8. The second-order valence-electron chi connectivity index (χ2n) is 9.21. The lowest BCUT2D eigenvalue weighted by Gasteiger charge is -2.60. The molecule has 0 aromatic carbocycles. The molecule has 146 valence electrons. The van der Waals surface area contributed by atoms with E-state index >= 15 is 0 Å². The van der Waals surface area contributed by atoms with Gasteiger partial charge in [0.25, 0.3) is 5.91 Å². The number of anilines is 1. The molecular weight excluding hydrogens is 344 g/mol. The lowest BCUT2D eigenvalue weighted by Crippen LogP contribution is -2.62. The summed E-state index contributed by atoms with van der Waals surface area (Å²) in [5, 5.41) is 20.6. The Morgan fingerprint density at radius 2 is 1.96 bits per heavy atom. The Kier molecular flexibility index (Phi) is 3.95. The Morgan fingerprint density at radius 3 is 2.52 bits per heavy atom. The van der Waals surface area contributed by atoms with Gasteiger partial charge in [0, 0.05) is 24.7 Å². The zero-order valence-electron chi connectivity index (χ0n) is 15.5. The first-order valence-electron chi connectivity index (χ1n) is 10.2. The summed E-state index contributed by atoms with van der Waals surface area (Å²) in [6.45, 7) is 0.504. The molecule has 0 radical (unpaired) electrons. The van der Waals surface area contributed by atoms with Gasteiger partial charge in [0.05, 0.1) is 23.5 Å². The van der Waals surface area contributed by atoms with Crippen molar-refractivity contribution in [1.82, 2.24) is 9.97 Å². The van der Waals surface area contributed by atoms with E-state index in [9.17, 15) is 15.0 Å². The van der Waals surface area contributed by atoms with Crippen LogP contribution >= 0.6 is 0 Å². The molecule has 1 heterocycles. The van der Waals surface area contributed by atoms with Crippen molar-refractivity contribution in [1.29, 1.82) is 0 Å². The number of hydrogen-bond acceptors (Lipinski definition) is 6. The summed E-state index contributed by atoms with van der Waals surface area (Å²) < 4.78 is 0. The predicted octanol–water partition coefficient (Wildman–Crippen LogP) is 1.19. The third kappa shape index (κ3) is 2.91. The maximum atomic E-state index is 11.8. The van der Waals surface area contributed by atoms with Crippen molar-refractivity contribution >= 4 is 11.9 Å². The van der Waals surface area contributed by atoms with E-state index < -0.39 is 11.5 Å². The van der Waals surface area contributed by atoms with Crippen LogP contribution in [0.4, 0.5) is 5.95 Å². The molecule has 2 atom stereocenters. The fourth-order valence-electron chi connectivity index (χ4n) is 6.34. The zero-order valence-corrected chi connectivity index (χ0v) is 15.5. The maximum Gasteiger partial charge on any atom is 0.252 e. The molecule has 5 fully saturated rings. The van der Waals surface area contributed by atoms with Crippen LogP contribution in [0.15, 0.2) is 6.20 Å². The predicted molar refractivity (Wildman–Crippen MR) is 99.2 cm³/mol. The van der Waals surface area contributed by atoms with Gasteiger partial charge in [-0.25, -0.2) is 9.97 Å². The molecule has 5 saturated carbocycles. The highest BCUT2D eigenvalue weighted by Crippen LogP contribution is 2.57. The maximum absolute atomic E-state index is 11.8. The zero-order chi connectivity index (χ0) is 18.8. The van der Waals surface area contributed by atoms with Crippen LogP contribution in [0.5, 0.6) is 0 Å². The first kappa shape index (κ1) is 17.4. The van der Waals surface area contributed by atoms with E-state index in [0.717, 1.165) is 50.6 Å². The highest BCUT2D eigenvalue weighted by Gasteiger charge is 2.56. The van der Waals surface area contributed by atoms with E-state index in [4.69, 9.17) is 10.7 Å². The van der Waals surface area contributed by atoms with Crippen LogP contribution in [0, 0.1) is 17.8 Å². The van der Waals surface area contributed by atoms with E-state index in [1.165, 1.54) is 0 Å². The van der Waals surface area contributed by atoms with E-state index in [1.807, 2.05) is 0 Å². The average Bonchev–Trinajstić information content (AvgIpc) is 3.43. The largest absolute Gasteiger partial charge is 0.395 e. The van der Waals surface area contributed by atoms with Gasteiger partial charge >= 0.3 is 0 Å². The first-order chi connectivity index (χ1) is 13.0. The van der Waals surface area contributed by atoms with Gasteiger partial charge in [0.1, 0.15) is 0 Å². The Labute approximate surface area is 159 Å². The van der Waals surface area contributed by atoms with Gasteiger partial charge in [-0.3, -0.25) is 4.79 Å². The van der Waals surface area contributed by atoms with E-state index in [-0.39, 0.29) is 12.6 Å². The van der Waals surface area contributed by atoms with Gasteiger partial charge in [-0.15, -0.1) is 0 Å². The van der Waals surface area contributed by atoms with Crippen LogP contribution in [0.1, 0.15) is 66.9 Å². The lowest BCUT2D eigenvalue weighted by molar-refractivity contribution is -0.134. The van der Waals surface area contributed by atoms with Gasteiger partial charge in [-0.2, -0.15) is 0 Å². The van der Waals surface area contributed by atoms with Crippen LogP contribution in [0.3, 0.4) is 0 Å². The molecule has 2 unspecified atom stereocenters. The van der Waals surface area contributed by atoms with Crippen LogP contribution in [-0.2, 0) is 0 Å². The molecule has 0 saturated heterocycles. The molecule has 0 spiro atoms. The Balaban J connectivity index is 1.50. The standard InChI is InChI=1S/C20H28N4O3/c21-18(26)15-10-22-19(23-16(15)12-1-2-12)24(3-4-25)17-13-5-11-6-14(17)9-20(27,7-11)8-13/h10-14,17,25,27H,1-9H2,(H2,21,26). The summed E-state index contributed by atoms with van der Waals surface area (Å²) in [4.78, 5) is 23.2. The van der Waals surface area contributed by atoms with Crippen molar-refractivity contribution in [3.63, 3.8) is 0 Å². The van der Waals surface area contributed by atoms with Crippen LogP contribution in [0.25, 0.3) is 0 Å². The van der Waals surface area contributed by atoms with Crippen molar-refractivity contribution in [2.75, 3.05) is 18.1 Å². The molecule has 5 aliphatic carbocycles. The number of nitrogens with two attached hydrogens (primary N) is 1. The van der Waals surface area contributed by atoms with Crippen molar-refractivity contribution in [3.8, 4) is 0 Å². The second-order valence-corrected chi connectivity index (χ2v) is 9.21. The number of hydrogen-bond donors (Lipinski definition) is 3. The molecule has 0 aliphatic heterocycles. The SMILES string of the molecule is NC(=O)c1cnc(N(CCO)C2C3CC4CC2CC(O)(C4)C3)nc1C1CC1. The fourth-order valence-corrected chi connectivity index (χ4v) is 6.34. The molecule has 7 nitrogen and oxygen atoms in total. The highest BCUT2D eigenvalue weighted by atomic mass is 16.3. The van der Waals surface area contributed by atoms with Crippen LogP contribution in [-0.4, -0.2) is 50.9 Å². The van der Waals surface area contributed by atoms with Crippen LogP contribution < -0.4 is 10.6 Å². The molecule has 5 aliphatic rings. The van der Waals surface area contributed by atoms with Gasteiger partial charge in [0.15, 0.2) is 0 Å². The number of amides is 1. The fraction of sp³-hybridized carbons (Fsp3) is 0.750. The summed E-state index contributed by atoms with van der Waals surface area (Å²) in [7, 11) is 0. The Bertz CT molecular complexity index is 750. The van der Waals surface area contributed by atoms with Crippen molar-refractivity contribution in [2.24, 2.45) is 23.5 Å². The number of nitrogens with zero attached hydrogens (tertiary/aromatic N) is 3. The molecule has 1 aromatic heterocycles. The summed E-state index contributed by atoms with van der Waals surface area (Å²) in [6, 6.07) is 0.250. The van der Waals surface area contributed by atoms with Gasteiger partial charge in [-0.05, 0) is 62.7 Å². The molecule has 6 rings (SSSR count). The monoisotopic (exact) mass is 372 g/mol. The number of primary amides is 1. The van der Waals surface area contributed by atoms with Gasteiger partial charge < -0.3 is 20.8 Å². The minimum atomic E-state index is -0.492. The molecule has 7 heteroatoms. The molecule has 1 amide bonds. The van der Waals surface area contributed by atoms with Gasteiger partial charge in [0.2, 0.25) is 5.95 Å². The molecule has 4 bridgehead atoms.